The van der Waals surface area contributed by atoms with Crippen LogP contribution in [-0.2, 0) is 11.3 Å². The average molecular weight is 436 g/mol. The highest BCUT2D eigenvalue weighted by atomic mass is 32.1. The van der Waals surface area contributed by atoms with Gasteiger partial charge in [0, 0.05) is 33.3 Å². The maximum absolute atomic E-state index is 5.25. The number of tetrazole rings is 1. The van der Waals surface area contributed by atoms with Crippen LogP contribution in [0.3, 0.4) is 0 Å². The summed E-state index contributed by atoms with van der Waals surface area (Å²) in [6, 6.07) is 18.8. The molecule has 3 heterocycles. The zero-order valence-corrected chi connectivity index (χ0v) is 18.3. The molecule has 4 aromatic rings. The first-order chi connectivity index (χ1) is 15.3. The van der Waals surface area contributed by atoms with Gasteiger partial charge in [-0.1, -0.05) is 53.8 Å². The third-order valence-electron chi connectivity index (χ3n) is 5.66. The quantitative estimate of drug-likeness (QED) is 0.442. The number of aromatic nitrogens is 5. The summed E-state index contributed by atoms with van der Waals surface area (Å²) in [5.74, 6) is 0.858. The lowest BCUT2D eigenvalue weighted by Gasteiger charge is -2.38. The van der Waals surface area contributed by atoms with Crippen molar-refractivity contribution >= 4 is 26.7 Å². The summed E-state index contributed by atoms with van der Waals surface area (Å²) < 4.78 is 8.34. The molecule has 160 valence electrons. The summed E-state index contributed by atoms with van der Waals surface area (Å²) >= 11 is 1.77. The molecular formula is C22H25N7OS. The van der Waals surface area contributed by atoms with Crippen LogP contribution < -0.4 is 4.90 Å². The largest absolute Gasteiger partial charge is 0.383 e. The molecule has 1 aliphatic rings. The molecule has 31 heavy (non-hydrogen) atoms. The summed E-state index contributed by atoms with van der Waals surface area (Å²) in [5, 5.41) is 13.7. The SMILES string of the molecule is COCCn1nnnc1[C@H](c1ccccc1)N1CCN(c2nc3ccccc3s2)CC1. The summed E-state index contributed by atoms with van der Waals surface area (Å²) in [7, 11) is 1.69. The van der Waals surface area contributed by atoms with Gasteiger partial charge < -0.3 is 9.64 Å². The van der Waals surface area contributed by atoms with Gasteiger partial charge in [0.1, 0.15) is 0 Å². The van der Waals surface area contributed by atoms with Crippen LogP contribution in [0.2, 0.25) is 0 Å². The van der Waals surface area contributed by atoms with E-state index < -0.39 is 0 Å². The van der Waals surface area contributed by atoms with E-state index >= 15 is 0 Å². The van der Waals surface area contributed by atoms with E-state index in [1.165, 1.54) is 10.3 Å². The van der Waals surface area contributed by atoms with Crippen molar-refractivity contribution < 1.29 is 4.74 Å². The highest BCUT2D eigenvalue weighted by Crippen LogP contribution is 2.32. The van der Waals surface area contributed by atoms with E-state index in [4.69, 9.17) is 9.72 Å². The number of hydrogen-bond acceptors (Lipinski definition) is 8. The van der Waals surface area contributed by atoms with Crippen molar-refractivity contribution in [1.29, 1.82) is 0 Å². The molecule has 0 amide bonds. The molecule has 0 unspecified atom stereocenters. The summed E-state index contributed by atoms with van der Waals surface area (Å²) in [5.41, 5.74) is 2.27. The van der Waals surface area contributed by atoms with E-state index in [0.717, 1.165) is 42.7 Å². The molecule has 1 fully saturated rings. The van der Waals surface area contributed by atoms with Gasteiger partial charge in [0.05, 0.1) is 29.4 Å². The lowest BCUT2D eigenvalue weighted by atomic mass is 10.0. The Morgan fingerprint density at radius 2 is 1.77 bits per heavy atom. The van der Waals surface area contributed by atoms with E-state index in [2.05, 4.69) is 67.8 Å². The van der Waals surface area contributed by atoms with Gasteiger partial charge >= 0.3 is 0 Å². The topological polar surface area (TPSA) is 72.2 Å². The van der Waals surface area contributed by atoms with Gasteiger partial charge in [0.25, 0.3) is 0 Å². The molecule has 2 aromatic heterocycles. The standard InChI is InChI=1S/C22H25N7OS/c1-30-16-15-29-21(24-25-26-29)20(17-7-3-2-4-8-17)27-11-13-28(14-12-27)22-23-18-9-5-6-10-19(18)31-22/h2-10,20H,11-16H2,1H3/t20-/m0/s1. The van der Waals surface area contributed by atoms with Crippen LogP contribution >= 0.6 is 11.3 Å². The Labute approximate surface area is 185 Å². The number of piperazine rings is 1. The molecule has 2 aromatic carbocycles. The molecule has 0 radical (unpaired) electrons. The first kappa shape index (κ1) is 20.0. The van der Waals surface area contributed by atoms with Crippen molar-refractivity contribution in [2.24, 2.45) is 0 Å². The minimum Gasteiger partial charge on any atom is -0.383 e. The number of methoxy groups -OCH3 is 1. The van der Waals surface area contributed by atoms with Crippen LogP contribution in [0.25, 0.3) is 10.2 Å². The number of rotatable bonds is 7. The fourth-order valence-corrected chi connectivity index (χ4v) is 5.09. The van der Waals surface area contributed by atoms with Crippen molar-refractivity contribution in [3.8, 4) is 0 Å². The Morgan fingerprint density at radius 1 is 1.00 bits per heavy atom. The van der Waals surface area contributed by atoms with Crippen molar-refractivity contribution in [3.63, 3.8) is 0 Å². The molecule has 1 saturated heterocycles. The van der Waals surface area contributed by atoms with Crippen LogP contribution in [0.5, 0.6) is 0 Å². The second-order valence-corrected chi connectivity index (χ2v) is 8.56. The lowest BCUT2D eigenvalue weighted by molar-refractivity contribution is 0.172. The number of hydrogen-bond donors (Lipinski definition) is 0. The Bertz CT molecular complexity index is 1090. The van der Waals surface area contributed by atoms with Crippen molar-refractivity contribution in [2.75, 3.05) is 44.8 Å². The number of benzene rings is 2. The number of ether oxygens (including phenoxy) is 1. The molecule has 0 N–H and O–H groups in total. The van der Waals surface area contributed by atoms with Crippen molar-refractivity contribution in [2.45, 2.75) is 12.6 Å². The van der Waals surface area contributed by atoms with Crippen LogP contribution in [0.15, 0.2) is 54.6 Å². The minimum atomic E-state index is 0.00516. The fourth-order valence-electron chi connectivity index (χ4n) is 4.07. The molecule has 0 bridgehead atoms. The maximum atomic E-state index is 5.25. The third kappa shape index (κ3) is 4.16. The number of para-hydroxylation sites is 1. The second-order valence-electron chi connectivity index (χ2n) is 7.55. The summed E-state index contributed by atoms with van der Waals surface area (Å²) in [6.45, 7) is 4.86. The fraction of sp³-hybridized carbons (Fsp3) is 0.364. The molecule has 8 nitrogen and oxygen atoms in total. The highest BCUT2D eigenvalue weighted by molar-refractivity contribution is 7.22. The molecular weight excluding hydrogens is 410 g/mol. The summed E-state index contributed by atoms with van der Waals surface area (Å²) in [6.07, 6.45) is 0. The van der Waals surface area contributed by atoms with E-state index in [1.807, 2.05) is 16.8 Å². The second kappa shape index (κ2) is 9.09. The van der Waals surface area contributed by atoms with Crippen LogP contribution in [-0.4, -0.2) is 70.0 Å². The first-order valence-corrected chi connectivity index (χ1v) is 11.3. The molecule has 0 aliphatic carbocycles. The van der Waals surface area contributed by atoms with Crippen molar-refractivity contribution in [3.05, 3.63) is 66.0 Å². The Kier molecular flexibility index (Phi) is 5.88. The first-order valence-electron chi connectivity index (χ1n) is 10.5. The van der Waals surface area contributed by atoms with Crippen LogP contribution in [0, 0.1) is 0 Å². The Morgan fingerprint density at radius 3 is 2.55 bits per heavy atom. The van der Waals surface area contributed by atoms with Crippen LogP contribution in [0.4, 0.5) is 5.13 Å². The van der Waals surface area contributed by atoms with Gasteiger partial charge in [0.2, 0.25) is 0 Å². The predicted octanol–water partition coefficient (Wildman–Crippen LogP) is 2.84. The van der Waals surface area contributed by atoms with Gasteiger partial charge in [-0.05, 0) is 28.1 Å². The average Bonchev–Trinajstić information content (AvgIpc) is 3.46. The molecule has 1 aliphatic heterocycles. The maximum Gasteiger partial charge on any atom is 0.186 e. The monoisotopic (exact) mass is 435 g/mol. The molecule has 0 spiro atoms. The number of nitrogens with zero attached hydrogens (tertiary/aromatic N) is 7. The van der Waals surface area contributed by atoms with E-state index in [0.29, 0.717) is 13.2 Å². The van der Waals surface area contributed by atoms with E-state index in [-0.39, 0.29) is 6.04 Å². The van der Waals surface area contributed by atoms with E-state index in [1.54, 1.807) is 18.4 Å². The van der Waals surface area contributed by atoms with Gasteiger partial charge in [-0.25, -0.2) is 9.67 Å². The Hall–Kier alpha value is -2.88. The number of fused-ring (bicyclic) bond motifs is 1. The smallest absolute Gasteiger partial charge is 0.186 e. The predicted molar refractivity (Wildman–Crippen MR) is 121 cm³/mol. The molecule has 0 saturated carbocycles. The molecule has 5 rings (SSSR count). The van der Waals surface area contributed by atoms with E-state index in [9.17, 15) is 0 Å². The third-order valence-corrected chi connectivity index (χ3v) is 6.76. The minimum absolute atomic E-state index is 0.00516. The van der Waals surface area contributed by atoms with Crippen LogP contribution in [0.1, 0.15) is 17.4 Å². The molecule has 1 atom stereocenters. The highest BCUT2D eigenvalue weighted by Gasteiger charge is 2.31. The number of anilines is 1. The van der Waals surface area contributed by atoms with Crippen molar-refractivity contribution in [1.82, 2.24) is 30.1 Å². The van der Waals surface area contributed by atoms with Gasteiger partial charge in [-0.3, -0.25) is 4.90 Å². The number of thiazole rings is 1. The molecule has 9 heteroatoms. The van der Waals surface area contributed by atoms with Gasteiger partial charge in [-0.15, -0.1) is 5.10 Å². The Balaban J connectivity index is 1.38. The van der Waals surface area contributed by atoms with Gasteiger partial charge in [0.15, 0.2) is 11.0 Å². The lowest BCUT2D eigenvalue weighted by Crippen LogP contribution is -2.48. The zero-order valence-electron chi connectivity index (χ0n) is 17.5. The zero-order chi connectivity index (χ0) is 21.0. The normalized spacial score (nSPS) is 16.1. The summed E-state index contributed by atoms with van der Waals surface area (Å²) in [4.78, 5) is 9.69. The van der Waals surface area contributed by atoms with Gasteiger partial charge in [-0.2, -0.15) is 0 Å².